The van der Waals surface area contributed by atoms with Crippen molar-refractivity contribution in [1.82, 2.24) is 19.8 Å². The average Bonchev–Trinajstić information content (AvgIpc) is 3.37. The predicted molar refractivity (Wildman–Crippen MR) is 116 cm³/mol. The van der Waals surface area contributed by atoms with Gasteiger partial charge in [0.15, 0.2) is 11.5 Å². The van der Waals surface area contributed by atoms with Crippen LogP contribution in [-0.4, -0.2) is 57.2 Å². The van der Waals surface area contributed by atoms with Crippen molar-refractivity contribution in [1.29, 1.82) is 0 Å². The average molecular weight is 434 g/mol. The molecular formula is C23H22N4O5. The molecule has 4 aromatic rings. The van der Waals surface area contributed by atoms with E-state index in [1.807, 2.05) is 19.9 Å². The molecular weight excluding hydrogens is 412 g/mol. The fourth-order valence-corrected chi connectivity index (χ4v) is 3.97. The molecule has 2 N–H and O–H groups in total. The zero-order chi connectivity index (χ0) is 22.6. The Morgan fingerprint density at radius 3 is 2.81 bits per heavy atom. The lowest BCUT2D eigenvalue weighted by molar-refractivity contribution is -0.0357. The first kappa shape index (κ1) is 20.1. The summed E-state index contributed by atoms with van der Waals surface area (Å²) in [5.41, 5.74) is 2.46. The number of rotatable bonds is 4. The molecule has 0 aliphatic carbocycles. The van der Waals surface area contributed by atoms with Crippen LogP contribution < -0.4 is 10.1 Å². The van der Waals surface area contributed by atoms with E-state index in [1.54, 1.807) is 53.1 Å². The maximum atomic E-state index is 13.0. The van der Waals surface area contributed by atoms with Gasteiger partial charge in [-0.15, -0.1) is 0 Å². The summed E-state index contributed by atoms with van der Waals surface area (Å²) in [6, 6.07) is 8.51. The number of aliphatic hydroxyl groups excluding tert-OH is 1. The van der Waals surface area contributed by atoms with E-state index in [2.05, 4.69) is 10.4 Å². The number of nitrogens with zero attached hydrogens (tertiary/aromatic N) is 3. The van der Waals surface area contributed by atoms with Gasteiger partial charge in [0.05, 0.1) is 23.9 Å². The minimum atomic E-state index is -0.492. The van der Waals surface area contributed by atoms with Crippen LogP contribution in [0.5, 0.6) is 11.5 Å². The van der Waals surface area contributed by atoms with Gasteiger partial charge in [0.25, 0.3) is 11.8 Å². The fourth-order valence-electron chi connectivity index (χ4n) is 3.97. The smallest absolute Gasteiger partial charge is 0.286 e. The number of aliphatic hydroxyl groups is 1. The molecule has 9 heteroatoms. The van der Waals surface area contributed by atoms with Gasteiger partial charge in [0.2, 0.25) is 0 Å². The van der Waals surface area contributed by atoms with E-state index < -0.39 is 6.10 Å². The first-order chi connectivity index (χ1) is 15.4. The van der Waals surface area contributed by atoms with Crippen LogP contribution in [0, 0.1) is 6.92 Å². The number of ether oxygens (including phenoxy) is 1. The normalized spacial score (nSPS) is 18.1. The molecule has 0 saturated carbocycles. The molecule has 1 fully saturated rings. The van der Waals surface area contributed by atoms with E-state index >= 15 is 0 Å². The molecule has 1 aliphatic rings. The minimum Gasteiger partial charge on any atom is -0.455 e. The second-order valence-corrected chi connectivity index (χ2v) is 7.91. The van der Waals surface area contributed by atoms with Crippen molar-refractivity contribution in [3.05, 3.63) is 59.6 Å². The summed E-state index contributed by atoms with van der Waals surface area (Å²) in [5, 5.41) is 17.4. The lowest BCUT2D eigenvalue weighted by atomic mass is 9.99. The number of carbonyl (C=O) groups excluding carboxylic acids is 2. The number of benzene rings is 1. The summed E-state index contributed by atoms with van der Waals surface area (Å²) in [4.78, 5) is 26.4. The van der Waals surface area contributed by atoms with Gasteiger partial charge in [-0.3, -0.25) is 9.59 Å². The highest BCUT2D eigenvalue weighted by Gasteiger charge is 2.38. The van der Waals surface area contributed by atoms with Crippen molar-refractivity contribution in [3.63, 3.8) is 0 Å². The molecule has 2 atom stereocenters. The summed E-state index contributed by atoms with van der Waals surface area (Å²) in [7, 11) is 1.54. The van der Waals surface area contributed by atoms with E-state index in [4.69, 9.17) is 9.15 Å². The number of likely N-dealkylation sites (tertiary alicyclic amines) is 1. The Labute approximate surface area is 183 Å². The topological polar surface area (TPSA) is 109 Å². The van der Waals surface area contributed by atoms with Crippen LogP contribution in [0.2, 0.25) is 0 Å². The molecule has 0 unspecified atom stereocenters. The Hall–Kier alpha value is -3.85. The molecule has 0 bridgehead atoms. The lowest BCUT2D eigenvalue weighted by Crippen LogP contribution is -2.60. The van der Waals surface area contributed by atoms with Gasteiger partial charge < -0.3 is 24.5 Å². The van der Waals surface area contributed by atoms with E-state index in [1.165, 1.54) is 0 Å². The Bertz CT molecular complexity index is 1370. The van der Waals surface area contributed by atoms with Crippen LogP contribution in [0.3, 0.4) is 0 Å². The SMILES string of the molecule is CNC(=O)c1cc2ccc(Oc3ccnn4cc(C(=O)N5C[C@@H](O)[C@H]5C)c(C)c34)cc2o1. The summed E-state index contributed by atoms with van der Waals surface area (Å²) in [5.74, 6) is 0.837. The fraction of sp³-hybridized carbons (Fsp3) is 0.261. The number of carbonyl (C=O) groups is 2. The van der Waals surface area contributed by atoms with Gasteiger partial charge in [0.1, 0.15) is 16.8 Å². The van der Waals surface area contributed by atoms with E-state index in [-0.39, 0.29) is 23.6 Å². The molecule has 0 radical (unpaired) electrons. The van der Waals surface area contributed by atoms with Gasteiger partial charge in [-0.05, 0) is 37.6 Å². The molecule has 1 saturated heterocycles. The maximum Gasteiger partial charge on any atom is 0.286 e. The highest BCUT2D eigenvalue weighted by atomic mass is 16.5. The van der Waals surface area contributed by atoms with Gasteiger partial charge in [-0.25, -0.2) is 4.52 Å². The van der Waals surface area contributed by atoms with E-state index in [9.17, 15) is 14.7 Å². The first-order valence-corrected chi connectivity index (χ1v) is 10.3. The number of nitrogens with one attached hydrogen (secondary N) is 1. The summed E-state index contributed by atoms with van der Waals surface area (Å²) < 4.78 is 13.4. The quantitative estimate of drug-likeness (QED) is 0.511. The third-order valence-electron chi connectivity index (χ3n) is 5.98. The zero-order valence-corrected chi connectivity index (χ0v) is 17.8. The first-order valence-electron chi connectivity index (χ1n) is 10.3. The standard InChI is InChI=1S/C23H22N4O5/c1-12-16(23(30)26-11-17(28)13(26)2)10-27-21(12)18(6-7-25-27)31-15-5-4-14-8-20(22(29)24-3)32-19(14)9-15/h4-10,13,17,28H,11H2,1-3H3,(H,24,29)/t13-,17-/m1/s1. The van der Waals surface area contributed by atoms with E-state index in [0.717, 1.165) is 10.9 Å². The Morgan fingerprint density at radius 2 is 2.09 bits per heavy atom. The summed E-state index contributed by atoms with van der Waals surface area (Å²) >= 11 is 0. The lowest BCUT2D eigenvalue weighted by Gasteiger charge is -2.43. The summed E-state index contributed by atoms with van der Waals surface area (Å²) in [6.07, 6.45) is 2.79. The molecule has 3 aromatic heterocycles. The van der Waals surface area contributed by atoms with Gasteiger partial charge in [0, 0.05) is 37.3 Å². The number of furan rings is 1. The Balaban J connectivity index is 1.49. The molecule has 9 nitrogen and oxygen atoms in total. The Kier molecular flexibility index (Phi) is 4.63. The largest absolute Gasteiger partial charge is 0.455 e. The Morgan fingerprint density at radius 1 is 1.28 bits per heavy atom. The predicted octanol–water partition coefficient (Wildman–Crippen LogP) is 2.75. The molecule has 2 amide bonds. The molecule has 32 heavy (non-hydrogen) atoms. The molecule has 164 valence electrons. The number of amides is 2. The van der Waals surface area contributed by atoms with Crippen LogP contribution in [0.15, 0.2) is 47.1 Å². The van der Waals surface area contributed by atoms with Gasteiger partial charge >= 0.3 is 0 Å². The number of hydrogen-bond acceptors (Lipinski definition) is 6. The third kappa shape index (κ3) is 3.09. The second-order valence-electron chi connectivity index (χ2n) is 7.91. The highest BCUT2D eigenvalue weighted by Crippen LogP contribution is 2.33. The molecule has 0 spiro atoms. The highest BCUT2D eigenvalue weighted by molar-refractivity contribution is 5.99. The van der Waals surface area contributed by atoms with E-state index in [0.29, 0.717) is 34.7 Å². The van der Waals surface area contributed by atoms with Crippen LogP contribution in [0.25, 0.3) is 16.5 Å². The van der Waals surface area contributed by atoms with Gasteiger partial charge in [-0.1, -0.05) is 0 Å². The maximum absolute atomic E-state index is 13.0. The van der Waals surface area contributed by atoms with Crippen molar-refractivity contribution in [2.24, 2.45) is 0 Å². The number of hydrogen-bond donors (Lipinski definition) is 2. The molecule has 1 aliphatic heterocycles. The van der Waals surface area contributed by atoms with Crippen molar-refractivity contribution >= 4 is 28.3 Å². The second kappa shape index (κ2) is 7.38. The number of aryl methyl sites for hydroxylation is 1. The van der Waals surface area contributed by atoms with Crippen LogP contribution >= 0.6 is 0 Å². The number of fused-ring (bicyclic) bond motifs is 2. The minimum absolute atomic E-state index is 0.143. The number of β-amino-alcohol motifs (C(OH)–C–C–N with tert-alkyl or cyclic N) is 1. The van der Waals surface area contributed by atoms with Gasteiger partial charge in [-0.2, -0.15) is 5.10 Å². The van der Waals surface area contributed by atoms with Crippen LogP contribution in [0.1, 0.15) is 33.4 Å². The zero-order valence-electron chi connectivity index (χ0n) is 17.8. The monoisotopic (exact) mass is 434 g/mol. The van der Waals surface area contributed by atoms with Crippen molar-refractivity contribution in [2.75, 3.05) is 13.6 Å². The number of aromatic nitrogens is 2. The molecule has 1 aromatic carbocycles. The van der Waals surface area contributed by atoms with Crippen LogP contribution in [0.4, 0.5) is 0 Å². The summed E-state index contributed by atoms with van der Waals surface area (Å²) in [6.45, 7) is 4.00. The van der Waals surface area contributed by atoms with Crippen molar-refractivity contribution in [3.8, 4) is 11.5 Å². The molecule has 5 rings (SSSR count). The third-order valence-corrected chi connectivity index (χ3v) is 5.98. The van der Waals surface area contributed by atoms with Crippen molar-refractivity contribution < 1.29 is 23.8 Å². The van der Waals surface area contributed by atoms with Crippen LogP contribution in [-0.2, 0) is 0 Å². The van der Waals surface area contributed by atoms with Crippen molar-refractivity contribution in [2.45, 2.75) is 26.0 Å². The molecule has 4 heterocycles.